The Hall–Kier alpha value is -2.19. The van der Waals surface area contributed by atoms with Crippen LogP contribution in [0.15, 0.2) is 57.1 Å². The molecular formula is C16H16N4O2S2. The highest BCUT2D eigenvalue weighted by Gasteiger charge is 2.14. The third-order valence-corrected chi connectivity index (χ3v) is 5.05. The SMILES string of the molecule is CSc1ccc(NC(=O)CSc2nnc(-c3ccco3)n2C)cc1. The van der Waals surface area contributed by atoms with Crippen LogP contribution >= 0.6 is 23.5 Å². The molecule has 1 aromatic carbocycles. The second-order valence-corrected chi connectivity index (χ2v) is 6.73. The Morgan fingerprint density at radius 3 is 2.71 bits per heavy atom. The van der Waals surface area contributed by atoms with E-state index in [1.165, 1.54) is 11.8 Å². The van der Waals surface area contributed by atoms with Crippen LogP contribution in [0.1, 0.15) is 0 Å². The van der Waals surface area contributed by atoms with Crippen molar-refractivity contribution in [2.24, 2.45) is 7.05 Å². The summed E-state index contributed by atoms with van der Waals surface area (Å²) >= 11 is 3.00. The number of benzene rings is 1. The van der Waals surface area contributed by atoms with Crippen molar-refractivity contribution in [3.05, 3.63) is 42.7 Å². The average molecular weight is 360 g/mol. The zero-order valence-corrected chi connectivity index (χ0v) is 14.9. The number of anilines is 1. The lowest BCUT2D eigenvalue weighted by atomic mass is 10.3. The number of carbonyl (C=O) groups excluding carboxylic acids is 1. The monoisotopic (exact) mass is 360 g/mol. The fourth-order valence-corrected chi connectivity index (χ4v) is 3.18. The minimum atomic E-state index is -0.0838. The maximum absolute atomic E-state index is 12.1. The summed E-state index contributed by atoms with van der Waals surface area (Å²) in [5.74, 6) is 1.46. The molecule has 6 nitrogen and oxygen atoms in total. The lowest BCUT2D eigenvalue weighted by Gasteiger charge is -2.06. The highest BCUT2D eigenvalue weighted by Crippen LogP contribution is 2.23. The summed E-state index contributed by atoms with van der Waals surface area (Å²) in [6.07, 6.45) is 3.61. The van der Waals surface area contributed by atoms with Gasteiger partial charge < -0.3 is 14.3 Å². The highest BCUT2D eigenvalue weighted by molar-refractivity contribution is 7.99. The molecule has 0 unspecified atom stereocenters. The maximum Gasteiger partial charge on any atom is 0.234 e. The van der Waals surface area contributed by atoms with Gasteiger partial charge in [-0.15, -0.1) is 22.0 Å². The molecule has 124 valence electrons. The van der Waals surface area contributed by atoms with Gasteiger partial charge in [0, 0.05) is 17.6 Å². The number of thioether (sulfide) groups is 2. The van der Waals surface area contributed by atoms with E-state index >= 15 is 0 Å². The first-order valence-corrected chi connectivity index (χ1v) is 9.38. The normalized spacial score (nSPS) is 10.8. The molecule has 24 heavy (non-hydrogen) atoms. The van der Waals surface area contributed by atoms with Crippen molar-refractivity contribution in [1.82, 2.24) is 14.8 Å². The van der Waals surface area contributed by atoms with Gasteiger partial charge in [0.2, 0.25) is 5.91 Å². The minimum absolute atomic E-state index is 0.0838. The van der Waals surface area contributed by atoms with E-state index < -0.39 is 0 Å². The smallest absolute Gasteiger partial charge is 0.234 e. The molecule has 0 aliphatic heterocycles. The van der Waals surface area contributed by atoms with Gasteiger partial charge in [-0.3, -0.25) is 4.79 Å². The van der Waals surface area contributed by atoms with E-state index in [9.17, 15) is 4.79 Å². The van der Waals surface area contributed by atoms with Crippen LogP contribution in [0.3, 0.4) is 0 Å². The van der Waals surface area contributed by atoms with Crippen molar-refractivity contribution in [2.75, 3.05) is 17.3 Å². The van der Waals surface area contributed by atoms with Crippen LogP contribution in [-0.2, 0) is 11.8 Å². The molecular weight excluding hydrogens is 344 g/mol. The van der Waals surface area contributed by atoms with Crippen molar-refractivity contribution >= 4 is 35.1 Å². The van der Waals surface area contributed by atoms with Crippen molar-refractivity contribution in [3.8, 4) is 11.6 Å². The molecule has 8 heteroatoms. The Labute approximate surface area is 148 Å². The van der Waals surface area contributed by atoms with Gasteiger partial charge in [0.25, 0.3) is 0 Å². The minimum Gasteiger partial charge on any atom is -0.461 e. The molecule has 0 aliphatic carbocycles. The van der Waals surface area contributed by atoms with Crippen molar-refractivity contribution in [3.63, 3.8) is 0 Å². The van der Waals surface area contributed by atoms with Crippen LogP contribution in [0.5, 0.6) is 0 Å². The number of furan rings is 1. The molecule has 0 saturated carbocycles. The zero-order chi connectivity index (χ0) is 16.9. The van der Waals surface area contributed by atoms with Crippen LogP contribution in [0.2, 0.25) is 0 Å². The maximum atomic E-state index is 12.1. The summed E-state index contributed by atoms with van der Waals surface area (Å²) in [5.41, 5.74) is 0.785. The number of nitrogens with one attached hydrogen (secondary N) is 1. The molecule has 3 aromatic rings. The number of nitrogens with zero attached hydrogens (tertiary/aromatic N) is 3. The Kier molecular flexibility index (Phi) is 5.27. The zero-order valence-electron chi connectivity index (χ0n) is 13.2. The summed E-state index contributed by atoms with van der Waals surface area (Å²) in [6, 6.07) is 11.4. The van der Waals surface area contributed by atoms with Crippen LogP contribution in [-0.4, -0.2) is 32.7 Å². The number of aromatic nitrogens is 3. The predicted molar refractivity (Wildman–Crippen MR) is 96.3 cm³/mol. The molecule has 0 bridgehead atoms. The molecule has 0 radical (unpaired) electrons. The third-order valence-electron chi connectivity index (χ3n) is 3.28. The van der Waals surface area contributed by atoms with Gasteiger partial charge in [-0.1, -0.05) is 11.8 Å². The Bertz CT molecular complexity index is 813. The Balaban J connectivity index is 1.58. The predicted octanol–water partition coefficient (Wildman–Crippen LogP) is 3.53. The van der Waals surface area contributed by atoms with Gasteiger partial charge in [0.15, 0.2) is 16.7 Å². The van der Waals surface area contributed by atoms with Gasteiger partial charge in [0.1, 0.15) is 0 Å². The molecule has 1 amide bonds. The third kappa shape index (κ3) is 3.82. The highest BCUT2D eigenvalue weighted by atomic mass is 32.2. The number of carbonyl (C=O) groups is 1. The van der Waals surface area contributed by atoms with Crippen LogP contribution in [0, 0.1) is 0 Å². The Morgan fingerprint density at radius 2 is 2.04 bits per heavy atom. The van der Waals surface area contributed by atoms with Gasteiger partial charge >= 0.3 is 0 Å². The molecule has 0 saturated heterocycles. The van der Waals surface area contributed by atoms with Crippen LogP contribution in [0.4, 0.5) is 5.69 Å². The number of amides is 1. The standard InChI is InChI=1S/C16H16N4O2S2/c1-20-15(13-4-3-9-22-13)18-19-16(20)24-10-14(21)17-11-5-7-12(23-2)8-6-11/h3-9H,10H2,1-2H3,(H,17,21). The molecule has 0 aliphatic rings. The number of hydrogen-bond donors (Lipinski definition) is 1. The molecule has 2 aromatic heterocycles. The van der Waals surface area contributed by atoms with Crippen LogP contribution < -0.4 is 5.32 Å². The second-order valence-electron chi connectivity index (χ2n) is 4.91. The fraction of sp³-hybridized carbons (Fsp3) is 0.188. The van der Waals surface area contributed by atoms with E-state index in [2.05, 4.69) is 15.5 Å². The summed E-state index contributed by atoms with van der Waals surface area (Å²) < 4.78 is 7.13. The van der Waals surface area contributed by atoms with Gasteiger partial charge in [-0.25, -0.2) is 0 Å². The largest absolute Gasteiger partial charge is 0.461 e. The second kappa shape index (κ2) is 7.59. The van der Waals surface area contributed by atoms with Crippen molar-refractivity contribution in [2.45, 2.75) is 10.1 Å². The molecule has 1 N–H and O–H groups in total. The van der Waals surface area contributed by atoms with Gasteiger partial charge in [-0.2, -0.15) is 0 Å². The fourth-order valence-electron chi connectivity index (χ4n) is 2.06. The molecule has 0 fully saturated rings. The summed E-state index contributed by atoms with van der Waals surface area (Å²) in [4.78, 5) is 13.2. The summed E-state index contributed by atoms with van der Waals surface area (Å²) in [6.45, 7) is 0. The lowest BCUT2D eigenvalue weighted by Crippen LogP contribution is -2.14. The molecule has 0 atom stereocenters. The quantitative estimate of drug-likeness (QED) is 0.678. The summed E-state index contributed by atoms with van der Waals surface area (Å²) in [5, 5.41) is 11.7. The average Bonchev–Trinajstić information content (AvgIpc) is 3.23. The van der Waals surface area contributed by atoms with E-state index in [0.717, 1.165) is 10.6 Å². The lowest BCUT2D eigenvalue weighted by molar-refractivity contribution is -0.113. The van der Waals surface area contributed by atoms with E-state index in [4.69, 9.17) is 4.42 Å². The van der Waals surface area contributed by atoms with Crippen molar-refractivity contribution < 1.29 is 9.21 Å². The van der Waals surface area contributed by atoms with Gasteiger partial charge in [0.05, 0.1) is 12.0 Å². The van der Waals surface area contributed by atoms with E-state index in [0.29, 0.717) is 16.7 Å². The van der Waals surface area contributed by atoms with E-state index in [-0.39, 0.29) is 11.7 Å². The summed E-state index contributed by atoms with van der Waals surface area (Å²) in [7, 11) is 1.85. The van der Waals surface area contributed by atoms with Gasteiger partial charge in [-0.05, 0) is 42.7 Å². The first-order valence-electron chi connectivity index (χ1n) is 7.17. The van der Waals surface area contributed by atoms with E-state index in [1.807, 2.05) is 48.2 Å². The first kappa shape index (κ1) is 16.7. The molecule has 2 heterocycles. The first-order chi connectivity index (χ1) is 11.7. The number of rotatable bonds is 6. The Morgan fingerprint density at radius 1 is 1.25 bits per heavy atom. The topological polar surface area (TPSA) is 73.0 Å². The van der Waals surface area contributed by atoms with E-state index in [1.54, 1.807) is 24.1 Å². The number of hydrogen-bond acceptors (Lipinski definition) is 6. The van der Waals surface area contributed by atoms with Crippen molar-refractivity contribution in [1.29, 1.82) is 0 Å². The molecule has 0 spiro atoms. The van der Waals surface area contributed by atoms with Crippen LogP contribution in [0.25, 0.3) is 11.6 Å². The molecule has 3 rings (SSSR count).